The van der Waals surface area contributed by atoms with E-state index in [-0.39, 0.29) is 11.3 Å². The molecule has 0 bridgehead atoms. The van der Waals surface area contributed by atoms with Crippen LogP contribution in [0.2, 0.25) is 5.02 Å². The molecule has 114 valence electrons. The molecule has 1 aliphatic rings. The molecule has 1 aromatic rings. The van der Waals surface area contributed by atoms with Gasteiger partial charge in [-0.3, -0.25) is 0 Å². The summed E-state index contributed by atoms with van der Waals surface area (Å²) < 4.78 is 25.6. The van der Waals surface area contributed by atoms with Crippen LogP contribution in [0.3, 0.4) is 0 Å². The number of thiophene rings is 1. The molecule has 0 radical (unpaired) electrons. The van der Waals surface area contributed by atoms with Gasteiger partial charge in [0.15, 0.2) is 9.84 Å². The third-order valence-electron chi connectivity index (χ3n) is 3.59. The van der Waals surface area contributed by atoms with Crippen LogP contribution in [0.5, 0.6) is 0 Å². The molecular formula is C13H19BrClNO2S2. The van der Waals surface area contributed by atoms with Gasteiger partial charge in [-0.2, -0.15) is 0 Å². The molecule has 1 aromatic heterocycles. The van der Waals surface area contributed by atoms with E-state index in [4.69, 9.17) is 11.6 Å². The Morgan fingerprint density at radius 2 is 2.30 bits per heavy atom. The Morgan fingerprint density at radius 3 is 2.85 bits per heavy atom. The minimum atomic E-state index is -3.02. The van der Waals surface area contributed by atoms with Gasteiger partial charge in [0.25, 0.3) is 0 Å². The van der Waals surface area contributed by atoms with Crippen molar-refractivity contribution in [3.63, 3.8) is 0 Å². The average Bonchev–Trinajstić information content (AvgIpc) is 2.71. The molecule has 0 aromatic carbocycles. The van der Waals surface area contributed by atoms with Crippen LogP contribution in [-0.2, 0) is 9.84 Å². The third kappa shape index (κ3) is 3.77. The van der Waals surface area contributed by atoms with Crippen LogP contribution in [0.1, 0.15) is 43.5 Å². The zero-order valence-electron chi connectivity index (χ0n) is 11.4. The van der Waals surface area contributed by atoms with Crippen LogP contribution in [0.25, 0.3) is 0 Å². The van der Waals surface area contributed by atoms with Crippen molar-refractivity contribution < 1.29 is 8.42 Å². The van der Waals surface area contributed by atoms with Gasteiger partial charge in [-0.1, -0.05) is 24.9 Å². The highest BCUT2D eigenvalue weighted by Crippen LogP contribution is 2.39. The Hall–Kier alpha value is 0.380. The highest BCUT2D eigenvalue weighted by molar-refractivity contribution is 9.11. The largest absolute Gasteiger partial charge is 0.308 e. The fourth-order valence-electron chi connectivity index (χ4n) is 2.59. The maximum absolute atomic E-state index is 12.4. The summed E-state index contributed by atoms with van der Waals surface area (Å²) in [5.41, 5.74) is 0. The summed E-state index contributed by atoms with van der Waals surface area (Å²) in [4.78, 5) is 1.01. The van der Waals surface area contributed by atoms with E-state index < -0.39 is 9.84 Å². The molecule has 2 heterocycles. The number of hydrogen-bond acceptors (Lipinski definition) is 4. The van der Waals surface area contributed by atoms with E-state index in [0.717, 1.165) is 40.9 Å². The van der Waals surface area contributed by atoms with Crippen LogP contribution in [-0.4, -0.2) is 26.0 Å². The fraction of sp³-hybridized carbons (Fsp3) is 0.692. The Labute approximate surface area is 138 Å². The standard InChI is InChI=1S/C13H19BrClNO2S2/c1-2-6-16-12(10-8-9(15)13(14)19-10)11-5-3-4-7-20(11,17)18/h8,11-12,16H,2-7H2,1H3. The highest BCUT2D eigenvalue weighted by Gasteiger charge is 2.37. The van der Waals surface area contributed by atoms with Gasteiger partial charge < -0.3 is 5.32 Å². The van der Waals surface area contributed by atoms with Crippen LogP contribution >= 0.6 is 38.9 Å². The second-order valence-electron chi connectivity index (χ2n) is 5.10. The highest BCUT2D eigenvalue weighted by atomic mass is 79.9. The smallest absolute Gasteiger partial charge is 0.155 e. The molecule has 2 atom stereocenters. The minimum Gasteiger partial charge on any atom is -0.308 e. The Kier molecular flexibility index (Phi) is 5.94. The topological polar surface area (TPSA) is 46.2 Å². The Balaban J connectivity index is 2.31. The van der Waals surface area contributed by atoms with Crippen molar-refractivity contribution in [1.82, 2.24) is 5.32 Å². The Morgan fingerprint density at radius 1 is 1.55 bits per heavy atom. The van der Waals surface area contributed by atoms with Crippen molar-refractivity contribution in [2.24, 2.45) is 0 Å². The number of nitrogens with one attached hydrogen (secondary N) is 1. The molecule has 1 aliphatic heterocycles. The van der Waals surface area contributed by atoms with Gasteiger partial charge in [0.2, 0.25) is 0 Å². The van der Waals surface area contributed by atoms with Gasteiger partial charge in [0, 0.05) is 4.88 Å². The molecule has 2 unspecified atom stereocenters. The summed E-state index contributed by atoms with van der Waals surface area (Å²) >= 11 is 11.0. The van der Waals surface area contributed by atoms with Gasteiger partial charge in [0.1, 0.15) is 0 Å². The molecule has 0 amide bonds. The lowest BCUT2D eigenvalue weighted by Gasteiger charge is -2.30. The molecule has 0 spiro atoms. The van der Waals surface area contributed by atoms with Gasteiger partial charge in [-0.05, 0) is 47.8 Å². The van der Waals surface area contributed by atoms with Crippen LogP contribution in [0.15, 0.2) is 9.85 Å². The predicted octanol–water partition coefficient (Wildman–Crippen LogP) is 4.17. The number of halogens is 2. The second-order valence-corrected chi connectivity index (χ2v) is 10.3. The third-order valence-corrected chi connectivity index (χ3v) is 8.43. The zero-order valence-corrected chi connectivity index (χ0v) is 15.3. The van der Waals surface area contributed by atoms with Gasteiger partial charge in [0.05, 0.1) is 25.9 Å². The summed E-state index contributed by atoms with van der Waals surface area (Å²) in [6, 6.07) is 1.74. The average molecular weight is 401 g/mol. The molecule has 3 nitrogen and oxygen atoms in total. The molecule has 20 heavy (non-hydrogen) atoms. The van der Waals surface area contributed by atoms with Crippen molar-refractivity contribution in [1.29, 1.82) is 0 Å². The summed E-state index contributed by atoms with van der Waals surface area (Å²) in [6.45, 7) is 2.89. The van der Waals surface area contributed by atoms with Gasteiger partial charge >= 0.3 is 0 Å². The van der Waals surface area contributed by atoms with Gasteiger partial charge in [-0.25, -0.2) is 8.42 Å². The summed E-state index contributed by atoms with van der Waals surface area (Å²) in [7, 11) is -3.02. The SMILES string of the molecule is CCCNC(c1cc(Cl)c(Br)s1)C1CCCCS1(=O)=O. The number of rotatable bonds is 5. The molecule has 0 aliphatic carbocycles. The normalized spacial score (nSPS) is 23.6. The lowest BCUT2D eigenvalue weighted by atomic mass is 10.1. The summed E-state index contributed by atoms with van der Waals surface area (Å²) in [5.74, 6) is 0.308. The van der Waals surface area contributed by atoms with E-state index in [0.29, 0.717) is 10.8 Å². The van der Waals surface area contributed by atoms with E-state index in [1.807, 2.05) is 6.07 Å². The molecule has 7 heteroatoms. The first-order valence-electron chi connectivity index (χ1n) is 6.85. The molecule has 1 saturated heterocycles. The number of hydrogen-bond donors (Lipinski definition) is 1. The molecular weight excluding hydrogens is 382 g/mol. The van der Waals surface area contributed by atoms with E-state index in [1.54, 1.807) is 0 Å². The van der Waals surface area contributed by atoms with E-state index >= 15 is 0 Å². The Bertz CT molecular complexity index is 539. The molecule has 1 N–H and O–H groups in total. The predicted molar refractivity (Wildman–Crippen MR) is 89.5 cm³/mol. The first-order chi connectivity index (χ1) is 9.45. The van der Waals surface area contributed by atoms with Crippen molar-refractivity contribution >= 4 is 48.7 Å². The van der Waals surface area contributed by atoms with E-state index in [9.17, 15) is 8.42 Å². The van der Waals surface area contributed by atoms with Crippen molar-refractivity contribution in [3.8, 4) is 0 Å². The maximum atomic E-state index is 12.4. The van der Waals surface area contributed by atoms with Crippen molar-refractivity contribution in [3.05, 3.63) is 19.8 Å². The maximum Gasteiger partial charge on any atom is 0.155 e. The summed E-state index contributed by atoms with van der Waals surface area (Å²) in [6.07, 6.45) is 3.48. The lowest BCUT2D eigenvalue weighted by Crippen LogP contribution is -2.40. The molecule has 2 rings (SSSR count). The van der Waals surface area contributed by atoms with Crippen molar-refractivity contribution in [2.75, 3.05) is 12.3 Å². The fourth-order valence-corrected chi connectivity index (χ4v) is 6.65. The van der Waals surface area contributed by atoms with E-state index in [1.165, 1.54) is 11.3 Å². The second kappa shape index (κ2) is 7.09. The van der Waals surface area contributed by atoms with Crippen LogP contribution in [0.4, 0.5) is 0 Å². The quantitative estimate of drug-likeness (QED) is 0.806. The first kappa shape index (κ1) is 16.7. The van der Waals surface area contributed by atoms with E-state index in [2.05, 4.69) is 28.2 Å². The first-order valence-corrected chi connectivity index (χ1v) is 10.6. The van der Waals surface area contributed by atoms with Crippen LogP contribution in [0, 0.1) is 0 Å². The number of sulfone groups is 1. The molecule has 0 saturated carbocycles. The zero-order chi connectivity index (χ0) is 14.8. The summed E-state index contributed by atoms with van der Waals surface area (Å²) in [5, 5.41) is 3.73. The van der Waals surface area contributed by atoms with Gasteiger partial charge in [-0.15, -0.1) is 11.3 Å². The molecule has 1 fully saturated rings. The minimum absolute atomic E-state index is 0.144. The van der Waals surface area contributed by atoms with Crippen molar-refractivity contribution in [2.45, 2.75) is 43.9 Å². The lowest BCUT2D eigenvalue weighted by molar-refractivity contribution is 0.451. The monoisotopic (exact) mass is 399 g/mol. The van der Waals surface area contributed by atoms with Crippen LogP contribution < -0.4 is 5.32 Å².